The molecule has 0 saturated carbocycles. The minimum absolute atomic E-state index is 0.0189. The molecule has 1 heterocycles. The Labute approximate surface area is 155 Å². The summed E-state index contributed by atoms with van der Waals surface area (Å²) in [6.07, 6.45) is 0.0189. The molecule has 0 unspecified atom stereocenters. The summed E-state index contributed by atoms with van der Waals surface area (Å²) in [5.74, 6) is -0.798. The van der Waals surface area contributed by atoms with Gasteiger partial charge in [-0.15, -0.1) is 0 Å². The molecule has 0 atom stereocenters. The average molecular weight is 364 g/mol. The molecule has 0 aliphatic rings. The first kappa shape index (κ1) is 18.3. The van der Waals surface area contributed by atoms with E-state index in [-0.39, 0.29) is 23.9 Å². The largest absolute Gasteiger partial charge is 0.366 e. The number of carbonyl (C=O) groups excluding carboxylic acids is 2. The Kier molecular flexibility index (Phi) is 5.03. The Balaban J connectivity index is 1.89. The molecular formula is C20H20N4O3. The molecule has 7 nitrogen and oxygen atoms in total. The third-order valence-electron chi connectivity index (χ3n) is 4.18. The maximum atomic E-state index is 12.5. The van der Waals surface area contributed by atoms with Crippen LogP contribution < -0.4 is 16.6 Å². The fourth-order valence-corrected chi connectivity index (χ4v) is 2.83. The lowest BCUT2D eigenvalue weighted by Gasteiger charge is -2.13. The lowest BCUT2D eigenvalue weighted by Crippen LogP contribution is -2.27. The quantitative estimate of drug-likeness (QED) is 0.724. The van der Waals surface area contributed by atoms with Gasteiger partial charge in [0.05, 0.1) is 23.5 Å². The highest BCUT2D eigenvalue weighted by atomic mass is 16.2. The van der Waals surface area contributed by atoms with Gasteiger partial charge in [0.15, 0.2) is 0 Å². The number of carbonyl (C=O) groups is 2. The second-order valence-electron chi connectivity index (χ2n) is 6.50. The van der Waals surface area contributed by atoms with Crippen molar-refractivity contribution in [2.24, 2.45) is 5.73 Å². The van der Waals surface area contributed by atoms with Gasteiger partial charge in [0.2, 0.25) is 11.8 Å². The number of hydrogen-bond donors (Lipinski definition) is 2. The minimum Gasteiger partial charge on any atom is -0.366 e. The van der Waals surface area contributed by atoms with Crippen LogP contribution in [0.1, 0.15) is 35.9 Å². The highest BCUT2D eigenvalue weighted by Gasteiger charge is 2.15. The van der Waals surface area contributed by atoms with Gasteiger partial charge in [-0.25, -0.2) is 4.68 Å². The number of nitrogens with zero attached hydrogens (tertiary/aromatic N) is 2. The molecule has 0 spiro atoms. The van der Waals surface area contributed by atoms with Crippen molar-refractivity contribution in [2.75, 3.05) is 5.32 Å². The molecule has 1 aromatic heterocycles. The van der Waals surface area contributed by atoms with E-state index in [1.54, 1.807) is 42.5 Å². The maximum absolute atomic E-state index is 12.5. The monoisotopic (exact) mass is 364 g/mol. The topological polar surface area (TPSA) is 107 Å². The summed E-state index contributed by atoms with van der Waals surface area (Å²) in [6, 6.07) is 13.3. The zero-order valence-corrected chi connectivity index (χ0v) is 15.1. The summed E-state index contributed by atoms with van der Waals surface area (Å²) in [7, 11) is 0. The predicted octanol–water partition coefficient (Wildman–Crippen LogP) is 2.26. The molecule has 3 rings (SSSR count). The lowest BCUT2D eigenvalue weighted by molar-refractivity contribution is -0.115. The molecule has 2 amide bonds. The number of amides is 2. The van der Waals surface area contributed by atoms with Crippen molar-refractivity contribution in [1.82, 2.24) is 9.78 Å². The highest BCUT2D eigenvalue weighted by molar-refractivity contribution is 5.96. The molecule has 0 aliphatic carbocycles. The Morgan fingerprint density at radius 3 is 2.30 bits per heavy atom. The van der Waals surface area contributed by atoms with Crippen molar-refractivity contribution in [3.8, 4) is 0 Å². The Morgan fingerprint density at radius 2 is 1.70 bits per heavy atom. The average Bonchev–Trinajstić information content (AvgIpc) is 2.64. The maximum Gasteiger partial charge on any atom is 0.274 e. The van der Waals surface area contributed by atoms with Crippen molar-refractivity contribution >= 4 is 28.3 Å². The molecule has 3 aromatic rings. The van der Waals surface area contributed by atoms with Crippen LogP contribution in [-0.4, -0.2) is 21.6 Å². The first-order valence-electron chi connectivity index (χ1n) is 8.57. The lowest BCUT2D eigenvalue weighted by atomic mass is 10.1. The van der Waals surface area contributed by atoms with Crippen molar-refractivity contribution in [3.05, 3.63) is 70.1 Å². The molecular weight excluding hydrogens is 344 g/mol. The second kappa shape index (κ2) is 7.41. The van der Waals surface area contributed by atoms with Crippen molar-refractivity contribution in [1.29, 1.82) is 0 Å². The number of hydrogen-bond acceptors (Lipinski definition) is 4. The summed E-state index contributed by atoms with van der Waals surface area (Å²) in [6.45, 7) is 3.74. The van der Waals surface area contributed by atoms with Crippen LogP contribution in [0.4, 0.5) is 5.69 Å². The van der Waals surface area contributed by atoms with Crippen LogP contribution in [0.15, 0.2) is 53.3 Å². The van der Waals surface area contributed by atoms with Crippen molar-refractivity contribution < 1.29 is 9.59 Å². The fraction of sp³-hybridized carbons (Fsp3) is 0.200. The molecule has 0 saturated heterocycles. The molecule has 27 heavy (non-hydrogen) atoms. The minimum atomic E-state index is -0.528. The smallest absolute Gasteiger partial charge is 0.274 e. The van der Waals surface area contributed by atoms with Crippen LogP contribution in [0.3, 0.4) is 0 Å². The number of rotatable bonds is 5. The third kappa shape index (κ3) is 3.87. The Hall–Kier alpha value is -3.48. The van der Waals surface area contributed by atoms with E-state index in [0.717, 1.165) is 0 Å². The Morgan fingerprint density at radius 1 is 1.07 bits per heavy atom. The molecule has 138 valence electrons. The number of benzene rings is 2. The molecule has 0 aliphatic heterocycles. The van der Waals surface area contributed by atoms with Crippen LogP contribution in [0.25, 0.3) is 10.8 Å². The van der Waals surface area contributed by atoms with Gasteiger partial charge in [-0.2, -0.15) is 5.10 Å². The summed E-state index contributed by atoms with van der Waals surface area (Å²) in [5, 5.41) is 8.37. The summed E-state index contributed by atoms with van der Waals surface area (Å²) < 4.78 is 1.40. The molecule has 3 N–H and O–H groups in total. The standard InChI is InChI=1S/C20H20N4O3/c1-12(2)24-20(27)16-6-4-3-5-15(16)17(23-24)11-18(25)22-14-9-7-13(8-10-14)19(21)26/h3-10,12H,11H2,1-2H3,(H2,21,26)(H,22,25). The number of nitrogens with two attached hydrogens (primary N) is 1. The van der Waals surface area contributed by atoms with Gasteiger partial charge in [-0.3, -0.25) is 14.4 Å². The number of aromatic nitrogens is 2. The SMILES string of the molecule is CC(C)n1nc(CC(=O)Nc2ccc(C(N)=O)cc2)c2ccccc2c1=O. The zero-order chi connectivity index (χ0) is 19.6. The van der Waals surface area contributed by atoms with Gasteiger partial charge in [0.1, 0.15) is 0 Å². The van der Waals surface area contributed by atoms with E-state index in [1.165, 1.54) is 4.68 Å². The molecule has 0 fully saturated rings. The first-order chi connectivity index (χ1) is 12.9. The van der Waals surface area contributed by atoms with E-state index < -0.39 is 5.91 Å². The van der Waals surface area contributed by atoms with Gasteiger partial charge in [-0.1, -0.05) is 18.2 Å². The van der Waals surface area contributed by atoms with E-state index >= 15 is 0 Å². The van der Waals surface area contributed by atoms with Crippen molar-refractivity contribution in [3.63, 3.8) is 0 Å². The summed E-state index contributed by atoms with van der Waals surface area (Å²) in [5.41, 5.74) is 6.48. The van der Waals surface area contributed by atoms with Gasteiger partial charge in [0, 0.05) is 16.6 Å². The normalized spacial score (nSPS) is 10.9. The van der Waals surface area contributed by atoms with E-state index in [4.69, 9.17) is 5.73 Å². The predicted molar refractivity (Wildman–Crippen MR) is 104 cm³/mol. The zero-order valence-electron chi connectivity index (χ0n) is 15.1. The number of fused-ring (bicyclic) bond motifs is 1. The van der Waals surface area contributed by atoms with E-state index in [9.17, 15) is 14.4 Å². The van der Waals surface area contributed by atoms with Crippen LogP contribution in [0.5, 0.6) is 0 Å². The molecule has 0 radical (unpaired) electrons. The van der Waals surface area contributed by atoms with Crippen LogP contribution in [-0.2, 0) is 11.2 Å². The highest BCUT2D eigenvalue weighted by Crippen LogP contribution is 2.16. The summed E-state index contributed by atoms with van der Waals surface area (Å²) in [4.78, 5) is 36.1. The van der Waals surface area contributed by atoms with Gasteiger partial charge in [-0.05, 0) is 44.2 Å². The van der Waals surface area contributed by atoms with E-state index in [1.807, 2.05) is 19.9 Å². The molecule has 2 aromatic carbocycles. The fourth-order valence-electron chi connectivity index (χ4n) is 2.83. The number of nitrogens with one attached hydrogen (secondary N) is 1. The van der Waals surface area contributed by atoms with Gasteiger partial charge in [0.25, 0.3) is 5.56 Å². The second-order valence-corrected chi connectivity index (χ2v) is 6.50. The molecule has 0 bridgehead atoms. The van der Waals surface area contributed by atoms with Crippen LogP contribution in [0, 0.1) is 0 Å². The third-order valence-corrected chi connectivity index (χ3v) is 4.18. The molecule has 7 heteroatoms. The van der Waals surface area contributed by atoms with Crippen LogP contribution in [0.2, 0.25) is 0 Å². The number of anilines is 1. The Bertz CT molecular complexity index is 1070. The summed E-state index contributed by atoms with van der Waals surface area (Å²) >= 11 is 0. The number of primary amides is 1. The van der Waals surface area contributed by atoms with Gasteiger partial charge < -0.3 is 11.1 Å². The first-order valence-corrected chi connectivity index (χ1v) is 8.57. The van der Waals surface area contributed by atoms with Crippen LogP contribution >= 0.6 is 0 Å². The van der Waals surface area contributed by atoms with E-state index in [2.05, 4.69) is 10.4 Å². The van der Waals surface area contributed by atoms with Gasteiger partial charge >= 0.3 is 0 Å². The van der Waals surface area contributed by atoms with Crippen molar-refractivity contribution in [2.45, 2.75) is 26.3 Å². The van der Waals surface area contributed by atoms with E-state index in [0.29, 0.717) is 27.7 Å².